The van der Waals surface area contributed by atoms with Gasteiger partial charge in [-0.15, -0.1) is 0 Å². The topological polar surface area (TPSA) is 221 Å². The number of aliphatic imine (C=N–C) groups is 5. The standard InChI is InChI=1S/C24H21ClF2N2O3S.2C13H8ClIN2.C13H9ClN2.C7H5BrN2.C6H6BClO2/c1-2-9-33(31,32)13-15-5-8-19(26)21(22(15)27)24(30)23-18-10-16(11-28-20(18)12-29-23)14-3-6-17(25)7-4-14;2*14-10-3-1-8(2-4-10)9-5-11-12(16-6-9)7-17-13(11)15;14-12-3-1-9(2-4-12)10-5-11-6-15-8-13(11)16-7-10;8-6-1-5-2-9-4-7(5)10-3-6;8-6-3-1-5(2-4-6)7(9)10/h3-8,10-11,24,30H,2,9,12-13H2,1H3;2*1-6H,7H2;1-7H,8H2;1-3H,4H2;1-4,9-10H. The summed E-state index contributed by atoms with van der Waals surface area (Å²) in [4.78, 5) is 43.2. The maximum atomic E-state index is 15.2. The summed E-state index contributed by atoms with van der Waals surface area (Å²) < 4.78 is 57.3. The zero-order valence-corrected chi connectivity index (χ0v) is 64.8. The second kappa shape index (κ2) is 35.6. The SMILES string of the molecule is Brc1cnc2c(c1)C=NC2.CCCS(=O)(=O)Cc1ccc(F)c(C(O)C2=NCc3ncc(-c4ccc(Cl)cc4)cc32)c1F.Clc1ccc(-c2cnc3c(c2)C(I)=NC3)cc1.Clc1ccc(-c2cnc3c(c2)C(I)=NC3)cc1.Clc1ccc(-c2cnc3c(c2)C=NC3)cc1.OB(O)c1ccc(Cl)cc1. The average molecular weight is 1780 g/mol. The largest absolute Gasteiger partial charge is 0.488 e. The lowest BCUT2D eigenvalue weighted by Gasteiger charge is -2.17. The molecule has 27 heteroatoms. The zero-order valence-electron chi connectivity index (χ0n) is 54.3. The van der Waals surface area contributed by atoms with E-state index >= 15 is 4.39 Å². The van der Waals surface area contributed by atoms with E-state index in [0.717, 1.165) is 135 Å². The van der Waals surface area contributed by atoms with Crippen molar-refractivity contribution in [3.05, 3.63) is 303 Å². The Hall–Kier alpha value is -7.44. The molecule has 16 rings (SSSR count). The van der Waals surface area contributed by atoms with Gasteiger partial charge in [-0.1, -0.05) is 132 Å². The number of hydrogen-bond donors (Lipinski definition) is 3. The van der Waals surface area contributed by atoms with Crippen molar-refractivity contribution in [2.45, 2.75) is 57.9 Å². The summed E-state index contributed by atoms with van der Waals surface area (Å²) >= 11 is 37.0. The predicted octanol–water partition coefficient (Wildman–Crippen LogP) is 18.4. The van der Waals surface area contributed by atoms with Gasteiger partial charge in [-0.25, -0.2) is 17.2 Å². The molecule has 10 heterocycles. The molecule has 520 valence electrons. The molecule has 0 fully saturated rings. The van der Waals surface area contributed by atoms with Crippen LogP contribution in [-0.2, 0) is 48.3 Å². The zero-order chi connectivity index (χ0) is 72.9. The van der Waals surface area contributed by atoms with Crippen LogP contribution in [0.25, 0.3) is 44.5 Å². The van der Waals surface area contributed by atoms with Crippen LogP contribution in [0.15, 0.2) is 224 Å². The van der Waals surface area contributed by atoms with Gasteiger partial charge in [-0.3, -0.25) is 49.9 Å². The van der Waals surface area contributed by atoms with Crippen molar-refractivity contribution in [3.8, 4) is 44.5 Å². The maximum Gasteiger partial charge on any atom is 0.488 e. The minimum atomic E-state index is -3.56. The molecule has 0 aliphatic carbocycles. The van der Waals surface area contributed by atoms with Gasteiger partial charge in [0.1, 0.15) is 25.2 Å². The molecule has 0 radical (unpaired) electrons. The van der Waals surface area contributed by atoms with E-state index in [9.17, 15) is 17.9 Å². The van der Waals surface area contributed by atoms with Crippen molar-refractivity contribution < 1.29 is 32.4 Å². The van der Waals surface area contributed by atoms with E-state index in [1.165, 1.54) is 0 Å². The molecule has 0 saturated carbocycles. The van der Waals surface area contributed by atoms with Crippen LogP contribution in [0.3, 0.4) is 0 Å². The number of rotatable bonds is 11. The first kappa shape index (κ1) is 76.7. The highest BCUT2D eigenvalue weighted by Crippen LogP contribution is 2.35. The van der Waals surface area contributed by atoms with E-state index in [-0.39, 0.29) is 23.6 Å². The lowest BCUT2D eigenvalue weighted by atomic mass is 9.81. The molecule has 5 aromatic heterocycles. The molecule has 0 spiro atoms. The normalized spacial score (nSPS) is 13.2. The summed E-state index contributed by atoms with van der Waals surface area (Å²) in [5, 5.41) is 31.6. The molecule has 11 aromatic rings. The van der Waals surface area contributed by atoms with Crippen LogP contribution in [-0.4, -0.2) is 86.9 Å². The molecule has 5 aliphatic rings. The summed E-state index contributed by atoms with van der Waals surface area (Å²) in [6.45, 7) is 4.72. The third kappa shape index (κ3) is 20.1. The van der Waals surface area contributed by atoms with Gasteiger partial charge >= 0.3 is 7.12 Å². The Balaban J connectivity index is 0.000000131. The van der Waals surface area contributed by atoms with E-state index < -0.39 is 46.0 Å². The van der Waals surface area contributed by atoms with Gasteiger partial charge in [0, 0.05) is 129 Å². The molecular formula is C76H57BBrCl5F2I2N10O5S. The molecule has 1 unspecified atom stereocenters. The fourth-order valence-corrected chi connectivity index (χ4v) is 14.6. The molecule has 0 bridgehead atoms. The fraction of sp³-hybridized carbons (Fsp3) is 0.132. The van der Waals surface area contributed by atoms with Crippen LogP contribution >= 0.6 is 119 Å². The number of aliphatic hydroxyl groups excluding tert-OH is 1. The van der Waals surface area contributed by atoms with Gasteiger partial charge in [-0.2, -0.15) is 0 Å². The Labute approximate surface area is 654 Å². The smallest absolute Gasteiger partial charge is 0.423 e. The number of nitrogens with zero attached hydrogens (tertiary/aromatic N) is 10. The molecule has 0 amide bonds. The summed E-state index contributed by atoms with van der Waals surface area (Å²) in [6.07, 6.45) is 11.5. The van der Waals surface area contributed by atoms with E-state index in [1.807, 2.05) is 122 Å². The number of aliphatic hydroxyl groups is 1. The summed E-state index contributed by atoms with van der Waals surface area (Å²) in [6, 6.07) is 49.0. The van der Waals surface area contributed by atoms with E-state index in [0.29, 0.717) is 52.8 Å². The van der Waals surface area contributed by atoms with E-state index in [1.54, 1.807) is 61.8 Å². The van der Waals surface area contributed by atoms with Gasteiger partial charge in [-0.05, 0) is 192 Å². The first-order valence-corrected chi connectivity index (χ1v) is 38.3. The maximum absolute atomic E-state index is 15.2. The minimum Gasteiger partial charge on any atom is -0.423 e. The fourth-order valence-electron chi connectivity index (χ4n) is 10.9. The quantitative estimate of drug-likeness (QED) is 0.0821. The summed E-state index contributed by atoms with van der Waals surface area (Å²) in [7, 11) is -4.97. The van der Waals surface area contributed by atoms with Crippen LogP contribution in [0, 0.1) is 11.6 Å². The van der Waals surface area contributed by atoms with Crippen molar-refractivity contribution in [2.24, 2.45) is 25.0 Å². The Morgan fingerprint density at radius 3 is 1.30 bits per heavy atom. The predicted molar refractivity (Wildman–Crippen MR) is 432 cm³/mol. The van der Waals surface area contributed by atoms with Crippen molar-refractivity contribution in [1.82, 2.24) is 24.9 Å². The van der Waals surface area contributed by atoms with Crippen LogP contribution in [0.4, 0.5) is 8.78 Å². The number of sulfone groups is 1. The molecule has 6 aromatic carbocycles. The van der Waals surface area contributed by atoms with Gasteiger partial charge in [0.25, 0.3) is 0 Å². The Kier molecular flexibility index (Phi) is 26.5. The molecule has 3 N–H and O–H groups in total. The molecule has 5 aliphatic heterocycles. The minimum absolute atomic E-state index is 0.0830. The van der Waals surface area contributed by atoms with Crippen LogP contribution in [0.2, 0.25) is 25.1 Å². The first-order chi connectivity index (χ1) is 49.6. The molecule has 1 atom stereocenters. The van der Waals surface area contributed by atoms with E-state index in [4.69, 9.17) is 68.1 Å². The highest BCUT2D eigenvalue weighted by Gasteiger charge is 2.31. The van der Waals surface area contributed by atoms with Crippen LogP contribution in [0.5, 0.6) is 0 Å². The van der Waals surface area contributed by atoms with Crippen molar-refractivity contribution in [3.63, 3.8) is 0 Å². The highest BCUT2D eigenvalue weighted by molar-refractivity contribution is 14.1. The van der Waals surface area contributed by atoms with Crippen molar-refractivity contribution in [2.75, 3.05) is 5.75 Å². The Bertz CT molecular complexity index is 5100. The number of benzene rings is 6. The van der Waals surface area contributed by atoms with Crippen LogP contribution < -0.4 is 5.46 Å². The first-order valence-electron chi connectivity index (χ1n) is 31.6. The number of fused-ring (bicyclic) bond motifs is 5. The molecular weight excluding hydrogens is 1720 g/mol. The van der Waals surface area contributed by atoms with Gasteiger partial charge < -0.3 is 15.2 Å². The van der Waals surface area contributed by atoms with Gasteiger partial charge in [0.2, 0.25) is 0 Å². The van der Waals surface area contributed by atoms with Gasteiger partial charge in [0.15, 0.2) is 9.84 Å². The number of aromatic nitrogens is 5. The lowest BCUT2D eigenvalue weighted by Crippen LogP contribution is -2.29. The number of halogens is 10. The number of hydrogen-bond acceptors (Lipinski definition) is 15. The van der Waals surface area contributed by atoms with E-state index in [2.05, 4.69) is 129 Å². The monoisotopic (exact) mass is 1780 g/mol. The Morgan fingerprint density at radius 1 is 0.485 bits per heavy atom. The second-order valence-corrected chi connectivity index (χ2v) is 30.7. The summed E-state index contributed by atoms with van der Waals surface area (Å²) in [5.41, 5.74) is 17.8. The summed E-state index contributed by atoms with van der Waals surface area (Å²) in [5.74, 6) is -2.74. The number of pyridine rings is 5. The van der Waals surface area contributed by atoms with Crippen molar-refractivity contribution in [1.29, 1.82) is 0 Å². The molecule has 0 saturated heterocycles. The van der Waals surface area contributed by atoms with Gasteiger partial charge in [0.05, 0.1) is 84.0 Å². The highest BCUT2D eigenvalue weighted by atomic mass is 127. The van der Waals surface area contributed by atoms with Crippen LogP contribution in [0.1, 0.15) is 86.9 Å². The molecule has 103 heavy (non-hydrogen) atoms. The third-order valence-corrected chi connectivity index (χ3v) is 21.5. The van der Waals surface area contributed by atoms with Crippen molar-refractivity contribution >= 4 is 167 Å². The average Bonchev–Trinajstić information content (AvgIpc) is 1.73. The lowest BCUT2D eigenvalue weighted by molar-refractivity contribution is 0.235. The Morgan fingerprint density at radius 2 is 0.864 bits per heavy atom. The molecule has 15 nitrogen and oxygen atoms in total. The third-order valence-electron chi connectivity index (χ3n) is 16.2. The second-order valence-electron chi connectivity index (χ2n) is 23.3.